The van der Waals surface area contributed by atoms with Crippen molar-refractivity contribution in [3.8, 4) is 0 Å². The first-order valence-electron chi connectivity index (χ1n) is 19.2. The van der Waals surface area contributed by atoms with Gasteiger partial charge in [0, 0.05) is 62.0 Å². The van der Waals surface area contributed by atoms with Crippen molar-refractivity contribution in [2.45, 2.75) is 109 Å². The van der Waals surface area contributed by atoms with Crippen molar-refractivity contribution in [2.75, 3.05) is 38.2 Å². The molecule has 304 valence electrons. The van der Waals surface area contributed by atoms with Crippen molar-refractivity contribution >= 4 is 29.3 Å². The second-order valence-corrected chi connectivity index (χ2v) is 15.4. The molecule has 2 aromatic rings. The van der Waals surface area contributed by atoms with E-state index in [1.807, 2.05) is 0 Å². The van der Waals surface area contributed by atoms with Gasteiger partial charge in [-0.25, -0.2) is 4.39 Å². The summed E-state index contributed by atoms with van der Waals surface area (Å²) in [7, 11) is 0. The van der Waals surface area contributed by atoms with Crippen molar-refractivity contribution in [2.24, 2.45) is 17.7 Å². The van der Waals surface area contributed by atoms with Gasteiger partial charge in [-0.1, -0.05) is 38.5 Å². The van der Waals surface area contributed by atoms with Crippen LogP contribution in [0.4, 0.5) is 10.1 Å². The Labute approximate surface area is 333 Å². The number of likely N-dealkylation sites (N-methyl/N-ethyl adjacent to an activating group) is 1. The molecule has 0 radical (unpaired) electrons. The normalized spacial score (nSPS) is 21.6. The summed E-state index contributed by atoms with van der Waals surface area (Å²) in [5.41, 5.74) is -0.510. The summed E-state index contributed by atoms with van der Waals surface area (Å²) in [6.45, 7) is 15.3. The van der Waals surface area contributed by atoms with Gasteiger partial charge in [-0.3, -0.25) is 31.5 Å². The molecular weight excluding hydrogens is 751 g/mol. The van der Waals surface area contributed by atoms with Crippen LogP contribution in [0.25, 0.3) is 0 Å². The SMILES string of the molecule is [CH-]=C(C(=O)N[C@H](C(=O)Nc1ccc([C@H](C)[C@@H](NC(=O)c2ccnn2C2CCOCC2)C(=O)N2CCC(C)(O)CC2)cc1F)C1CCC(C)CC1)N(N)CC.[Fe]. The van der Waals surface area contributed by atoms with E-state index in [0.29, 0.717) is 82.0 Å². The zero-order chi connectivity index (χ0) is 39.2. The van der Waals surface area contributed by atoms with Gasteiger partial charge in [0.15, 0.2) is 0 Å². The molecule has 1 aromatic carbocycles. The van der Waals surface area contributed by atoms with E-state index < -0.39 is 47.1 Å². The van der Waals surface area contributed by atoms with Gasteiger partial charge in [-0.05, 0) is 88.0 Å². The standard InChI is InChI=1S/C39H56FN8O6.Fe/c1-6-47(41)26(4)35(49)45-34(27-9-7-24(2)8-10-27)37(51)43-31-12-11-28(23-30(31)40)25(3)33(38(52)46-19-16-39(5,53)17-20-46)44-36(50)32-13-18-42-48(32)29-14-21-54-22-15-29;/h4,11-13,18,23-25,27,29,33-34,53H,6-10,14-17,19-22,41H2,1-3,5H3,(H,43,51)(H,44,50)(H,45,49);/q-1;/t24?,25-,27?,33+,34-;/m0./s1. The smallest absolute Gasteiger partial charge is 0.270 e. The van der Waals surface area contributed by atoms with Crippen LogP contribution >= 0.6 is 0 Å². The minimum atomic E-state index is -1.08. The van der Waals surface area contributed by atoms with Crippen LogP contribution in [0.2, 0.25) is 0 Å². The zero-order valence-corrected chi connectivity index (χ0v) is 33.3. The van der Waals surface area contributed by atoms with E-state index in [1.165, 1.54) is 12.1 Å². The molecule has 0 unspecified atom stereocenters. The van der Waals surface area contributed by atoms with Gasteiger partial charge < -0.3 is 40.5 Å². The van der Waals surface area contributed by atoms with Crippen molar-refractivity contribution in [3.63, 3.8) is 0 Å². The van der Waals surface area contributed by atoms with Crippen LogP contribution in [0.1, 0.15) is 107 Å². The summed E-state index contributed by atoms with van der Waals surface area (Å²) in [5, 5.41) is 24.3. The van der Waals surface area contributed by atoms with E-state index in [1.54, 1.807) is 48.7 Å². The van der Waals surface area contributed by atoms with Crippen LogP contribution in [0.5, 0.6) is 0 Å². The Morgan fingerprint density at radius 3 is 2.36 bits per heavy atom. The number of carbonyl (C=O) groups is 4. The fraction of sp³-hybridized carbons (Fsp3) is 0.615. The number of nitrogens with one attached hydrogen (secondary N) is 3. The molecule has 6 N–H and O–H groups in total. The Kier molecular flexibility index (Phi) is 15.5. The molecule has 1 aliphatic carbocycles. The molecule has 14 nitrogen and oxygen atoms in total. The molecular formula is C39H56FFeN8O6-. The Balaban J connectivity index is 0.00000673. The number of likely N-dealkylation sites (tertiary alicyclic amines) is 1. The molecule has 3 fully saturated rings. The number of halogens is 1. The maximum absolute atomic E-state index is 15.9. The molecule has 3 heterocycles. The van der Waals surface area contributed by atoms with E-state index in [4.69, 9.17) is 17.2 Å². The third-order valence-corrected chi connectivity index (χ3v) is 11.4. The second kappa shape index (κ2) is 19.4. The van der Waals surface area contributed by atoms with E-state index in [0.717, 1.165) is 17.9 Å². The summed E-state index contributed by atoms with van der Waals surface area (Å²) in [4.78, 5) is 56.3. The second-order valence-electron chi connectivity index (χ2n) is 15.4. The summed E-state index contributed by atoms with van der Waals surface area (Å²) < 4.78 is 23.1. The summed E-state index contributed by atoms with van der Waals surface area (Å²) >= 11 is 0. The topological polar surface area (TPSA) is 184 Å². The van der Waals surface area contributed by atoms with Gasteiger partial charge in [-0.2, -0.15) is 5.10 Å². The fourth-order valence-corrected chi connectivity index (χ4v) is 7.59. The molecule has 4 amide bonds. The van der Waals surface area contributed by atoms with E-state index in [9.17, 15) is 24.3 Å². The van der Waals surface area contributed by atoms with Crippen LogP contribution in [-0.4, -0.2) is 99.0 Å². The first kappa shape index (κ1) is 43.9. The van der Waals surface area contributed by atoms with E-state index in [2.05, 4.69) is 28.0 Å². The number of piperidine rings is 1. The van der Waals surface area contributed by atoms with Crippen molar-refractivity contribution in [1.29, 1.82) is 0 Å². The number of aliphatic hydroxyl groups is 1. The first-order valence-corrected chi connectivity index (χ1v) is 19.2. The number of rotatable bonds is 13. The number of anilines is 1. The number of hydrogen-bond donors (Lipinski definition) is 5. The fourth-order valence-electron chi connectivity index (χ4n) is 7.59. The molecule has 3 aliphatic rings. The minimum absolute atomic E-state index is 0. The zero-order valence-electron chi connectivity index (χ0n) is 32.2. The summed E-state index contributed by atoms with van der Waals surface area (Å²) in [6, 6.07) is 3.79. The molecule has 2 aliphatic heterocycles. The monoisotopic (exact) mass is 807 g/mol. The minimum Gasteiger partial charge on any atom is -0.418 e. The Morgan fingerprint density at radius 1 is 1.09 bits per heavy atom. The molecule has 1 saturated carbocycles. The van der Waals surface area contributed by atoms with Crippen molar-refractivity contribution in [1.82, 2.24) is 30.3 Å². The molecule has 2 saturated heterocycles. The molecule has 0 spiro atoms. The van der Waals surface area contributed by atoms with Crippen LogP contribution in [0, 0.1) is 24.2 Å². The van der Waals surface area contributed by atoms with Gasteiger partial charge in [0.1, 0.15) is 23.5 Å². The van der Waals surface area contributed by atoms with Crippen molar-refractivity contribution in [3.05, 3.63) is 59.8 Å². The number of amides is 4. The quantitative estimate of drug-likeness (QED) is 0.0666. The molecule has 3 atom stereocenters. The number of nitrogens with zero attached hydrogens (tertiary/aromatic N) is 4. The Bertz CT molecular complexity index is 1660. The maximum atomic E-state index is 15.9. The van der Waals surface area contributed by atoms with Crippen molar-refractivity contribution < 1.29 is 50.5 Å². The van der Waals surface area contributed by atoms with Crippen LogP contribution < -0.4 is 21.8 Å². The van der Waals surface area contributed by atoms with Gasteiger partial charge in [0.25, 0.3) is 5.91 Å². The number of benzene rings is 1. The average Bonchev–Trinajstić information content (AvgIpc) is 3.67. The third-order valence-electron chi connectivity index (χ3n) is 11.4. The predicted octanol–water partition coefficient (Wildman–Crippen LogP) is 3.41. The molecule has 5 rings (SSSR count). The van der Waals surface area contributed by atoms with Gasteiger partial charge in [0.2, 0.25) is 11.8 Å². The van der Waals surface area contributed by atoms with Crippen LogP contribution in [0.3, 0.4) is 0 Å². The maximum Gasteiger partial charge on any atom is 0.270 e. The van der Waals surface area contributed by atoms with E-state index >= 15 is 4.39 Å². The van der Waals surface area contributed by atoms with Crippen LogP contribution in [0.15, 0.2) is 36.2 Å². The number of carbonyl (C=O) groups excluding carboxylic acids is 4. The molecule has 55 heavy (non-hydrogen) atoms. The molecule has 1 aromatic heterocycles. The largest absolute Gasteiger partial charge is 0.418 e. The molecule has 0 bridgehead atoms. The Morgan fingerprint density at radius 2 is 1.75 bits per heavy atom. The van der Waals surface area contributed by atoms with Crippen LogP contribution in [-0.2, 0) is 36.2 Å². The number of ether oxygens (including phenoxy) is 1. The van der Waals surface area contributed by atoms with Gasteiger partial charge in [0.05, 0.1) is 23.4 Å². The number of hydrazine groups is 1. The number of nitrogens with two attached hydrogens (primary N) is 1. The Hall–Kier alpha value is -3.82. The predicted molar refractivity (Wildman–Crippen MR) is 200 cm³/mol. The van der Waals surface area contributed by atoms with Gasteiger partial charge in [-0.15, -0.1) is 0 Å². The first-order chi connectivity index (χ1) is 25.7. The number of hydrogen-bond acceptors (Lipinski definition) is 9. The van der Waals surface area contributed by atoms with E-state index in [-0.39, 0.29) is 52.9 Å². The van der Waals surface area contributed by atoms with Gasteiger partial charge >= 0.3 is 0 Å². The number of aromatic nitrogens is 2. The summed E-state index contributed by atoms with van der Waals surface area (Å²) in [5.74, 6) is 2.57. The summed E-state index contributed by atoms with van der Waals surface area (Å²) in [6.07, 6.45) is 6.86. The molecule has 16 heteroatoms. The average molecular weight is 808 g/mol. The third kappa shape index (κ3) is 10.9.